The van der Waals surface area contributed by atoms with Gasteiger partial charge in [-0.1, -0.05) is 29.8 Å². The summed E-state index contributed by atoms with van der Waals surface area (Å²) in [5, 5.41) is 4.09. The van der Waals surface area contributed by atoms with Crippen molar-refractivity contribution in [1.29, 1.82) is 0 Å². The number of methoxy groups -OCH3 is 1. The molecule has 5 nitrogen and oxygen atoms in total. The Morgan fingerprint density at radius 2 is 2.15 bits per heavy atom. The molecular formula is C15H19N3O2. The molecule has 2 N–H and O–H groups in total. The van der Waals surface area contributed by atoms with Gasteiger partial charge < -0.3 is 15.0 Å². The minimum Gasteiger partial charge on any atom is -0.496 e. The van der Waals surface area contributed by atoms with E-state index in [1.165, 1.54) is 6.42 Å². The highest BCUT2D eigenvalue weighted by atomic mass is 16.5. The molecule has 0 aliphatic heterocycles. The zero-order chi connectivity index (χ0) is 14.0. The fourth-order valence-electron chi connectivity index (χ4n) is 2.67. The van der Waals surface area contributed by atoms with E-state index in [1.807, 2.05) is 24.3 Å². The first-order valence-electron chi connectivity index (χ1n) is 6.92. The number of para-hydroxylation sites is 1. The van der Waals surface area contributed by atoms with Gasteiger partial charge >= 0.3 is 0 Å². The fraction of sp³-hybridized carbons (Fsp3) is 0.467. The van der Waals surface area contributed by atoms with E-state index in [9.17, 15) is 0 Å². The summed E-state index contributed by atoms with van der Waals surface area (Å²) in [5.74, 6) is 2.22. The van der Waals surface area contributed by atoms with Gasteiger partial charge in [-0.25, -0.2) is 0 Å². The van der Waals surface area contributed by atoms with Crippen LogP contribution < -0.4 is 10.5 Å². The second-order valence-corrected chi connectivity index (χ2v) is 5.34. The predicted molar refractivity (Wildman–Crippen MR) is 74.7 cm³/mol. The lowest BCUT2D eigenvalue weighted by molar-refractivity contribution is 0.181. The van der Waals surface area contributed by atoms with Gasteiger partial charge in [0.1, 0.15) is 5.75 Å². The van der Waals surface area contributed by atoms with Crippen molar-refractivity contribution in [3.05, 3.63) is 41.5 Å². The van der Waals surface area contributed by atoms with E-state index in [0.717, 1.165) is 24.2 Å². The second-order valence-electron chi connectivity index (χ2n) is 5.34. The second kappa shape index (κ2) is 5.25. The minimum absolute atomic E-state index is 0.0774. The number of rotatable bonds is 5. The van der Waals surface area contributed by atoms with Gasteiger partial charge in [0, 0.05) is 18.5 Å². The van der Waals surface area contributed by atoms with Crippen LogP contribution in [0, 0.1) is 0 Å². The molecule has 5 heteroatoms. The van der Waals surface area contributed by atoms with Crippen molar-refractivity contribution in [2.75, 3.05) is 13.7 Å². The van der Waals surface area contributed by atoms with Crippen LogP contribution in [0.4, 0.5) is 0 Å². The molecular weight excluding hydrogens is 254 g/mol. The van der Waals surface area contributed by atoms with Crippen LogP contribution in [-0.4, -0.2) is 23.8 Å². The molecule has 1 aliphatic rings. The lowest BCUT2D eigenvalue weighted by atomic mass is 9.69. The van der Waals surface area contributed by atoms with E-state index in [1.54, 1.807) is 7.11 Å². The Labute approximate surface area is 118 Å². The predicted octanol–water partition coefficient (Wildman–Crippen LogP) is 2.05. The van der Waals surface area contributed by atoms with Crippen LogP contribution in [0.1, 0.15) is 36.5 Å². The summed E-state index contributed by atoms with van der Waals surface area (Å²) in [6, 6.07) is 7.87. The monoisotopic (exact) mass is 273 g/mol. The molecule has 1 aromatic heterocycles. The summed E-state index contributed by atoms with van der Waals surface area (Å²) in [7, 11) is 1.66. The summed E-state index contributed by atoms with van der Waals surface area (Å²) >= 11 is 0. The van der Waals surface area contributed by atoms with Gasteiger partial charge in [0.05, 0.1) is 12.5 Å². The quantitative estimate of drug-likeness (QED) is 0.902. The first-order chi connectivity index (χ1) is 9.77. The Morgan fingerprint density at radius 3 is 2.80 bits per heavy atom. The van der Waals surface area contributed by atoms with Gasteiger partial charge in [0.25, 0.3) is 0 Å². The van der Waals surface area contributed by atoms with Gasteiger partial charge in [-0.15, -0.1) is 0 Å². The molecule has 1 aromatic carbocycles. The number of hydrogen-bond donors (Lipinski definition) is 1. The summed E-state index contributed by atoms with van der Waals surface area (Å²) in [6.45, 7) is 0.573. The Hall–Kier alpha value is -1.88. The molecule has 1 heterocycles. The van der Waals surface area contributed by atoms with Gasteiger partial charge in [-0.05, 0) is 18.9 Å². The zero-order valence-electron chi connectivity index (χ0n) is 11.6. The maximum Gasteiger partial charge on any atom is 0.234 e. The third-order valence-electron chi connectivity index (χ3n) is 4.16. The summed E-state index contributed by atoms with van der Waals surface area (Å²) in [4.78, 5) is 4.53. The standard InChI is InChI=1S/C15H19N3O2/c1-19-12-6-3-2-5-11(12)9-13-17-14(20-18-13)15(10-16)7-4-8-15/h2-3,5-6H,4,7-10,16H2,1H3. The fourth-order valence-corrected chi connectivity index (χ4v) is 2.67. The zero-order valence-corrected chi connectivity index (χ0v) is 11.6. The summed E-state index contributed by atoms with van der Waals surface area (Å²) in [5.41, 5.74) is 6.84. The highest BCUT2D eigenvalue weighted by Gasteiger charge is 2.42. The van der Waals surface area contributed by atoms with Crippen molar-refractivity contribution in [3.63, 3.8) is 0 Å². The van der Waals surface area contributed by atoms with E-state index in [4.69, 9.17) is 15.0 Å². The van der Waals surface area contributed by atoms with Crippen molar-refractivity contribution >= 4 is 0 Å². The maximum absolute atomic E-state index is 5.86. The van der Waals surface area contributed by atoms with E-state index < -0.39 is 0 Å². The van der Waals surface area contributed by atoms with Crippen LogP contribution in [0.3, 0.4) is 0 Å². The lowest BCUT2D eigenvalue weighted by Gasteiger charge is -2.36. The maximum atomic E-state index is 5.86. The normalized spacial score (nSPS) is 16.7. The van der Waals surface area contributed by atoms with Crippen LogP contribution in [0.2, 0.25) is 0 Å². The highest BCUT2D eigenvalue weighted by Crippen LogP contribution is 2.41. The molecule has 0 saturated heterocycles. The van der Waals surface area contributed by atoms with Gasteiger partial charge in [0.2, 0.25) is 5.89 Å². The molecule has 0 spiro atoms. The summed E-state index contributed by atoms with van der Waals surface area (Å²) < 4.78 is 10.8. The Bertz CT molecular complexity index is 585. The van der Waals surface area contributed by atoms with Gasteiger partial charge in [-0.3, -0.25) is 0 Å². The highest BCUT2D eigenvalue weighted by molar-refractivity contribution is 5.35. The van der Waals surface area contributed by atoms with Gasteiger partial charge in [-0.2, -0.15) is 4.98 Å². The van der Waals surface area contributed by atoms with Crippen LogP contribution in [-0.2, 0) is 11.8 Å². The first-order valence-corrected chi connectivity index (χ1v) is 6.92. The van der Waals surface area contributed by atoms with E-state index >= 15 is 0 Å². The van der Waals surface area contributed by atoms with Crippen molar-refractivity contribution in [3.8, 4) is 5.75 Å². The van der Waals surface area contributed by atoms with Crippen LogP contribution in [0.15, 0.2) is 28.8 Å². The molecule has 106 valence electrons. The SMILES string of the molecule is COc1ccccc1Cc1noc(C2(CN)CCC2)n1. The van der Waals surface area contributed by atoms with Crippen LogP contribution >= 0.6 is 0 Å². The molecule has 0 atom stereocenters. The number of benzene rings is 1. The minimum atomic E-state index is -0.0774. The Balaban J connectivity index is 1.81. The molecule has 1 fully saturated rings. The van der Waals surface area contributed by atoms with Crippen molar-refractivity contribution < 1.29 is 9.26 Å². The van der Waals surface area contributed by atoms with Crippen LogP contribution in [0.25, 0.3) is 0 Å². The Morgan fingerprint density at radius 1 is 1.35 bits per heavy atom. The third kappa shape index (κ3) is 2.18. The molecule has 0 bridgehead atoms. The number of ether oxygens (including phenoxy) is 1. The number of nitrogens with two attached hydrogens (primary N) is 1. The van der Waals surface area contributed by atoms with E-state index in [0.29, 0.717) is 24.7 Å². The molecule has 0 amide bonds. The van der Waals surface area contributed by atoms with Crippen LogP contribution in [0.5, 0.6) is 5.75 Å². The van der Waals surface area contributed by atoms with E-state index in [-0.39, 0.29) is 5.41 Å². The van der Waals surface area contributed by atoms with Crippen molar-refractivity contribution in [1.82, 2.24) is 10.1 Å². The number of nitrogens with zero attached hydrogens (tertiary/aromatic N) is 2. The largest absolute Gasteiger partial charge is 0.496 e. The first kappa shape index (κ1) is 13.1. The molecule has 0 radical (unpaired) electrons. The van der Waals surface area contributed by atoms with Crippen molar-refractivity contribution in [2.24, 2.45) is 5.73 Å². The number of aromatic nitrogens is 2. The molecule has 2 aromatic rings. The number of hydrogen-bond acceptors (Lipinski definition) is 5. The van der Waals surface area contributed by atoms with Crippen molar-refractivity contribution in [2.45, 2.75) is 31.1 Å². The molecule has 1 aliphatic carbocycles. The van der Waals surface area contributed by atoms with Gasteiger partial charge in [0.15, 0.2) is 5.82 Å². The smallest absolute Gasteiger partial charge is 0.234 e. The molecule has 0 unspecified atom stereocenters. The van der Waals surface area contributed by atoms with E-state index in [2.05, 4.69) is 10.1 Å². The third-order valence-corrected chi connectivity index (χ3v) is 4.16. The molecule has 1 saturated carbocycles. The lowest BCUT2D eigenvalue weighted by Crippen LogP contribution is -2.41. The Kier molecular flexibility index (Phi) is 3.44. The average molecular weight is 273 g/mol. The average Bonchev–Trinajstić information content (AvgIpc) is 2.88. The molecule has 20 heavy (non-hydrogen) atoms. The topological polar surface area (TPSA) is 74.2 Å². The molecule has 3 rings (SSSR count). The summed E-state index contributed by atoms with van der Waals surface area (Å²) in [6.07, 6.45) is 3.87.